The van der Waals surface area contributed by atoms with Gasteiger partial charge in [-0.3, -0.25) is 4.79 Å². The van der Waals surface area contributed by atoms with Gasteiger partial charge in [0, 0.05) is 19.6 Å². The third-order valence-electron chi connectivity index (χ3n) is 5.01. The quantitative estimate of drug-likeness (QED) is 0.629. The summed E-state index contributed by atoms with van der Waals surface area (Å²) in [4.78, 5) is 11.8. The largest absolute Gasteiger partial charge is 0.405 e. The Balaban J connectivity index is 1.77. The zero-order valence-corrected chi connectivity index (χ0v) is 18.0. The average Bonchev–Trinajstić information content (AvgIpc) is 3.23. The lowest BCUT2D eigenvalue weighted by molar-refractivity contribution is -0.140. The van der Waals surface area contributed by atoms with E-state index in [1.54, 1.807) is 5.32 Å². The van der Waals surface area contributed by atoms with Crippen LogP contribution >= 0.6 is 0 Å². The number of amides is 1. The first-order chi connectivity index (χ1) is 14.4. The number of hydrogen-bond donors (Lipinski definition) is 1. The Morgan fingerprint density at radius 1 is 1.00 bits per heavy atom. The number of sulfonamides is 2. The molecule has 2 aliphatic heterocycles. The fraction of sp³-hybridized carbons (Fsp3) is 0.588. The van der Waals surface area contributed by atoms with Crippen LogP contribution in [0.15, 0.2) is 34.1 Å². The van der Waals surface area contributed by atoms with Crippen LogP contribution in [0.3, 0.4) is 0 Å². The van der Waals surface area contributed by atoms with Gasteiger partial charge in [-0.2, -0.15) is 21.8 Å². The van der Waals surface area contributed by atoms with E-state index in [4.69, 9.17) is 4.74 Å². The lowest BCUT2D eigenvalue weighted by atomic mass is 10.2. The van der Waals surface area contributed by atoms with Crippen molar-refractivity contribution >= 4 is 26.0 Å². The number of nitrogens with one attached hydrogen (secondary N) is 1. The molecule has 0 saturated carbocycles. The van der Waals surface area contributed by atoms with Gasteiger partial charge in [0.25, 0.3) is 0 Å². The predicted molar refractivity (Wildman–Crippen MR) is 102 cm³/mol. The maximum Gasteiger partial charge on any atom is 0.405 e. The summed E-state index contributed by atoms with van der Waals surface area (Å²) in [7, 11) is -8.03. The highest BCUT2D eigenvalue weighted by atomic mass is 32.2. The highest BCUT2D eigenvalue weighted by Crippen LogP contribution is 2.28. The van der Waals surface area contributed by atoms with Gasteiger partial charge >= 0.3 is 6.18 Å². The SMILES string of the molecule is O=C(NCC(F)(F)F)C1CCCN1S(=O)(=O)c1ccc(S(=O)(=O)N2CCOCC2)cc1. The number of hydrogen-bond acceptors (Lipinski definition) is 6. The Hall–Kier alpha value is -1.74. The fourth-order valence-electron chi connectivity index (χ4n) is 3.45. The molecule has 1 atom stereocenters. The number of halogens is 3. The molecule has 31 heavy (non-hydrogen) atoms. The second-order valence-corrected chi connectivity index (χ2v) is 10.9. The molecule has 0 bridgehead atoms. The molecule has 1 aromatic carbocycles. The van der Waals surface area contributed by atoms with E-state index in [1.807, 2.05) is 0 Å². The first-order valence-electron chi connectivity index (χ1n) is 9.47. The summed E-state index contributed by atoms with van der Waals surface area (Å²) in [5.41, 5.74) is 0. The van der Waals surface area contributed by atoms with Crippen molar-refractivity contribution in [2.45, 2.75) is 34.9 Å². The minimum Gasteiger partial charge on any atom is -0.379 e. The van der Waals surface area contributed by atoms with Gasteiger partial charge in [-0.1, -0.05) is 0 Å². The molecule has 0 aliphatic carbocycles. The van der Waals surface area contributed by atoms with E-state index in [1.165, 1.54) is 4.31 Å². The number of morpholine rings is 1. The molecule has 174 valence electrons. The van der Waals surface area contributed by atoms with E-state index in [0.717, 1.165) is 28.6 Å². The Labute approximate surface area is 178 Å². The second-order valence-electron chi connectivity index (χ2n) is 7.09. The van der Waals surface area contributed by atoms with Crippen LogP contribution in [0.5, 0.6) is 0 Å². The number of nitrogens with zero attached hydrogens (tertiary/aromatic N) is 2. The molecule has 0 radical (unpaired) electrons. The first kappa shape index (κ1) is 23.9. The Morgan fingerprint density at radius 3 is 2.10 bits per heavy atom. The molecule has 9 nitrogen and oxygen atoms in total. The summed E-state index contributed by atoms with van der Waals surface area (Å²) in [6, 6.07) is 3.29. The number of rotatable bonds is 6. The zero-order chi connectivity index (χ0) is 22.9. The van der Waals surface area contributed by atoms with Crippen LogP contribution in [0.4, 0.5) is 13.2 Å². The molecule has 2 heterocycles. The van der Waals surface area contributed by atoms with Gasteiger partial charge in [0.05, 0.1) is 23.0 Å². The van der Waals surface area contributed by atoms with Crippen molar-refractivity contribution in [1.82, 2.24) is 13.9 Å². The Bertz CT molecular complexity index is 1010. The van der Waals surface area contributed by atoms with Crippen LogP contribution < -0.4 is 5.32 Å². The third kappa shape index (κ3) is 5.37. The number of carbonyl (C=O) groups excluding carboxylic acids is 1. The molecular formula is C17H22F3N3O6S2. The molecule has 0 aromatic heterocycles. The van der Waals surface area contributed by atoms with E-state index in [2.05, 4.69) is 0 Å². The van der Waals surface area contributed by atoms with E-state index in [9.17, 15) is 34.8 Å². The van der Waals surface area contributed by atoms with Crippen molar-refractivity contribution in [1.29, 1.82) is 0 Å². The molecule has 2 saturated heterocycles. The van der Waals surface area contributed by atoms with E-state index in [-0.39, 0.29) is 49.1 Å². The summed E-state index contributed by atoms with van der Waals surface area (Å²) < 4.78 is 95.6. The van der Waals surface area contributed by atoms with Gasteiger partial charge in [-0.05, 0) is 37.1 Å². The molecule has 0 spiro atoms. The standard InChI is InChI=1S/C17H22F3N3O6S2/c18-17(19,20)12-21-16(24)15-2-1-7-23(15)31(27,28)14-5-3-13(4-6-14)30(25,26)22-8-10-29-11-9-22/h3-6,15H,1-2,7-12H2,(H,21,24). The number of carbonyl (C=O) groups is 1. The van der Waals surface area contributed by atoms with Crippen molar-refractivity contribution in [2.24, 2.45) is 0 Å². The molecule has 2 fully saturated rings. The van der Waals surface area contributed by atoms with Gasteiger partial charge in [-0.25, -0.2) is 16.8 Å². The lowest BCUT2D eigenvalue weighted by Gasteiger charge is -2.26. The van der Waals surface area contributed by atoms with E-state index < -0.39 is 44.7 Å². The molecule has 14 heteroatoms. The van der Waals surface area contributed by atoms with Gasteiger partial charge in [0.1, 0.15) is 12.6 Å². The minimum absolute atomic E-state index is 0.0275. The van der Waals surface area contributed by atoms with Crippen LogP contribution in [-0.4, -0.2) is 83.0 Å². The number of ether oxygens (including phenoxy) is 1. The lowest BCUT2D eigenvalue weighted by Crippen LogP contribution is -2.47. The predicted octanol–water partition coefficient (Wildman–Crippen LogP) is 0.539. The summed E-state index contributed by atoms with van der Waals surface area (Å²) in [5.74, 6) is -1.02. The number of alkyl halides is 3. The molecule has 1 aromatic rings. The molecule has 1 amide bonds. The highest BCUT2D eigenvalue weighted by Gasteiger charge is 2.40. The van der Waals surface area contributed by atoms with Crippen LogP contribution in [0, 0.1) is 0 Å². The van der Waals surface area contributed by atoms with Crippen LogP contribution in [0.25, 0.3) is 0 Å². The van der Waals surface area contributed by atoms with Crippen molar-refractivity contribution in [3.63, 3.8) is 0 Å². The first-order valence-corrected chi connectivity index (χ1v) is 12.4. The summed E-state index contributed by atoms with van der Waals surface area (Å²) in [6.07, 6.45) is -4.21. The van der Waals surface area contributed by atoms with Crippen molar-refractivity contribution in [3.05, 3.63) is 24.3 Å². The topological polar surface area (TPSA) is 113 Å². The summed E-state index contributed by atoms with van der Waals surface area (Å²) in [6.45, 7) is -0.683. The van der Waals surface area contributed by atoms with Gasteiger partial charge in [-0.15, -0.1) is 0 Å². The minimum atomic E-state index is -4.61. The summed E-state index contributed by atoms with van der Waals surface area (Å²) >= 11 is 0. The summed E-state index contributed by atoms with van der Waals surface area (Å²) in [5, 5.41) is 1.72. The van der Waals surface area contributed by atoms with E-state index in [0.29, 0.717) is 6.42 Å². The monoisotopic (exact) mass is 485 g/mol. The highest BCUT2D eigenvalue weighted by molar-refractivity contribution is 7.89. The molecule has 3 rings (SSSR count). The van der Waals surface area contributed by atoms with Gasteiger partial charge in [0.2, 0.25) is 26.0 Å². The third-order valence-corrected chi connectivity index (χ3v) is 8.84. The second kappa shape index (κ2) is 9.02. The average molecular weight is 486 g/mol. The van der Waals surface area contributed by atoms with Crippen molar-refractivity contribution < 1.29 is 39.5 Å². The van der Waals surface area contributed by atoms with Crippen molar-refractivity contribution in [2.75, 3.05) is 39.4 Å². The maximum absolute atomic E-state index is 13.0. The zero-order valence-electron chi connectivity index (χ0n) is 16.3. The number of benzene rings is 1. The van der Waals surface area contributed by atoms with Crippen LogP contribution in [0.2, 0.25) is 0 Å². The van der Waals surface area contributed by atoms with Gasteiger partial charge in [0.15, 0.2) is 0 Å². The van der Waals surface area contributed by atoms with Gasteiger partial charge < -0.3 is 10.1 Å². The molecule has 1 unspecified atom stereocenters. The smallest absolute Gasteiger partial charge is 0.379 e. The normalized spacial score (nSPS) is 21.8. The Morgan fingerprint density at radius 2 is 1.55 bits per heavy atom. The molecule has 2 aliphatic rings. The Kier molecular flexibility index (Phi) is 6.96. The maximum atomic E-state index is 13.0. The fourth-order valence-corrected chi connectivity index (χ4v) is 6.51. The molecule has 1 N–H and O–H groups in total. The van der Waals surface area contributed by atoms with E-state index >= 15 is 0 Å². The van der Waals surface area contributed by atoms with Crippen LogP contribution in [0.1, 0.15) is 12.8 Å². The van der Waals surface area contributed by atoms with Crippen molar-refractivity contribution in [3.8, 4) is 0 Å². The molecular weight excluding hydrogens is 463 g/mol. The van der Waals surface area contributed by atoms with Crippen LogP contribution in [-0.2, 0) is 29.6 Å².